The van der Waals surface area contributed by atoms with Gasteiger partial charge in [0.1, 0.15) is 0 Å². The minimum absolute atomic E-state index is 0.191. The third-order valence-electron chi connectivity index (χ3n) is 7.49. The van der Waals surface area contributed by atoms with Crippen LogP contribution in [0.1, 0.15) is 75.8 Å². The van der Waals surface area contributed by atoms with Gasteiger partial charge < -0.3 is 10.7 Å². The zero-order chi connectivity index (χ0) is 27.0. The molecule has 1 unspecified atom stereocenters. The standard InChI is InChI=1S/C28H36ClN5O2S/c1-18(34(25(30)36)24(35)19-7-10-21(29)11-8-19)20-9-12-22-23(17-20)32-26(31-22)37-16-15-33-27(2,3)13-6-14-28(33,4)5/h7-12,17-18H,6,13-16H2,1-5H3,(H2,30,36)(H,31,32). The van der Waals surface area contributed by atoms with Crippen LogP contribution in [0.2, 0.25) is 5.02 Å². The van der Waals surface area contributed by atoms with Gasteiger partial charge in [-0.15, -0.1) is 0 Å². The maximum atomic E-state index is 13.1. The number of primary amides is 1. The molecular formula is C28H36ClN5O2S. The first-order chi connectivity index (χ1) is 17.4. The summed E-state index contributed by atoms with van der Waals surface area (Å²) in [6.45, 7) is 12.1. The van der Waals surface area contributed by atoms with Gasteiger partial charge in [-0.2, -0.15) is 0 Å². The maximum absolute atomic E-state index is 13.1. The number of imide groups is 1. The van der Waals surface area contributed by atoms with Crippen molar-refractivity contribution in [2.24, 2.45) is 5.73 Å². The number of likely N-dealkylation sites (tertiary alicyclic amines) is 1. The first-order valence-corrected chi connectivity index (χ1v) is 14.0. The van der Waals surface area contributed by atoms with E-state index in [0.29, 0.717) is 10.6 Å². The molecule has 7 nitrogen and oxygen atoms in total. The number of benzene rings is 2. The van der Waals surface area contributed by atoms with Crippen molar-refractivity contribution in [2.45, 2.75) is 76.2 Å². The summed E-state index contributed by atoms with van der Waals surface area (Å²) in [6.07, 6.45) is 3.71. The van der Waals surface area contributed by atoms with Crippen molar-refractivity contribution < 1.29 is 9.59 Å². The number of hydrogen-bond donors (Lipinski definition) is 2. The SMILES string of the molecule is CC(c1ccc2nc(SCCN3C(C)(C)CCCC3(C)C)[nH]c2c1)N(C(N)=O)C(=O)c1ccc(Cl)cc1. The van der Waals surface area contributed by atoms with Crippen LogP contribution in [0, 0.1) is 0 Å². The van der Waals surface area contributed by atoms with E-state index >= 15 is 0 Å². The van der Waals surface area contributed by atoms with E-state index < -0.39 is 18.0 Å². The Bertz CT molecular complexity index is 1270. The maximum Gasteiger partial charge on any atom is 0.322 e. The highest BCUT2D eigenvalue weighted by molar-refractivity contribution is 7.99. The molecule has 2 aromatic carbocycles. The number of aromatic amines is 1. The monoisotopic (exact) mass is 541 g/mol. The van der Waals surface area contributed by atoms with Gasteiger partial charge >= 0.3 is 6.03 Å². The summed E-state index contributed by atoms with van der Waals surface area (Å²) in [7, 11) is 0. The van der Waals surface area contributed by atoms with Crippen molar-refractivity contribution >= 4 is 46.3 Å². The molecular weight excluding hydrogens is 506 g/mol. The van der Waals surface area contributed by atoms with E-state index in [1.165, 1.54) is 19.3 Å². The number of fused-ring (bicyclic) bond motifs is 1. The molecule has 2 heterocycles. The molecule has 1 aromatic heterocycles. The van der Waals surface area contributed by atoms with Gasteiger partial charge in [-0.25, -0.2) is 9.78 Å². The molecule has 3 amide bonds. The van der Waals surface area contributed by atoms with Gasteiger partial charge in [-0.3, -0.25) is 14.6 Å². The van der Waals surface area contributed by atoms with Crippen molar-refractivity contribution in [1.29, 1.82) is 0 Å². The van der Waals surface area contributed by atoms with Gasteiger partial charge in [-0.05, 0) is 95.8 Å². The molecule has 9 heteroatoms. The Labute approximate surface area is 228 Å². The molecule has 3 N–H and O–H groups in total. The Hall–Kier alpha value is -2.55. The highest BCUT2D eigenvalue weighted by Crippen LogP contribution is 2.38. The van der Waals surface area contributed by atoms with E-state index in [-0.39, 0.29) is 11.1 Å². The summed E-state index contributed by atoms with van der Waals surface area (Å²) in [5.74, 6) is 0.460. The van der Waals surface area contributed by atoms with Crippen molar-refractivity contribution in [3.63, 3.8) is 0 Å². The number of urea groups is 1. The van der Waals surface area contributed by atoms with Crippen molar-refractivity contribution in [3.05, 3.63) is 58.6 Å². The van der Waals surface area contributed by atoms with Crippen LogP contribution in [0.3, 0.4) is 0 Å². The summed E-state index contributed by atoms with van der Waals surface area (Å²) >= 11 is 7.65. The number of nitrogens with one attached hydrogen (secondary N) is 1. The van der Waals surface area contributed by atoms with Crippen LogP contribution in [-0.4, -0.2) is 55.1 Å². The highest BCUT2D eigenvalue weighted by Gasteiger charge is 2.40. The Balaban J connectivity index is 1.48. The Morgan fingerprint density at radius 3 is 2.41 bits per heavy atom. The number of carbonyl (C=O) groups excluding carboxylic acids is 2. The average Bonchev–Trinajstić information content (AvgIpc) is 3.22. The fraction of sp³-hybridized carbons (Fsp3) is 0.464. The highest BCUT2D eigenvalue weighted by atomic mass is 35.5. The summed E-state index contributed by atoms with van der Waals surface area (Å²) < 4.78 is 0. The van der Waals surface area contributed by atoms with Crippen molar-refractivity contribution in [2.75, 3.05) is 12.3 Å². The van der Waals surface area contributed by atoms with Gasteiger partial charge in [0.2, 0.25) is 0 Å². The topological polar surface area (TPSA) is 95.3 Å². The molecule has 0 bridgehead atoms. The molecule has 4 rings (SSSR count). The van der Waals surface area contributed by atoms with Crippen molar-refractivity contribution in [3.8, 4) is 0 Å². The van der Waals surface area contributed by atoms with Crippen LogP contribution in [0.4, 0.5) is 4.79 Å². The van der Waals surface area contributed by atoms with E-state index in [9.17, 15) is 9.59 Å². The van der Waals surface area contributed by atoms with Crippen LogP contribution >= 0.6 is 23.4 Å². The molecule has 198 valence electrons. The zero-order valence-corrected chi connectivity index (χ0v) is 23.7. The van der Waals surface area contributed by atoms with Gasteiger partial charge in [0, 0.05) is 34.0 Å². The van der Waals surface area contributed by atoms with Gasteiger partial charge in [0.25, 0.3) is 5.91 Å². The van der Waals surface area contributed by atoms with Crippen LogP contribution in [0.15, 0.2) is 47.6 Å². The lowest BCUT2D eigenvalue weighted by molar-refractivity contribution is -0.0209. The smallest absolute Gasteiger partial charge is 0.322 e. The van der Waals surface area contributed by atoms with E-state index in [0.717, 1.165) is 39.0 Å². The Kier molecular flexibility index (Phi) is 7.93. The number of nitrogens with two attached hydrogens (primary N) is 1. The number of hydrogen-bond acceptors (Lipinski definition) is 5. The van der Waals surface area contributed by atoms with E-state index in [2.05, 4.69) is 37.6 Å². The zero-order valence-electron chi connectivity index (χ0n) is 22.2. The largest absolute Gasteiger partial charge is 0.351 e. The minimum atomic E-state index is -0.808. The van der Waals surface area contributed by atoms with Crippen molar-refractivity contribution in [1.82, 2.24) is 19.8 Å². The number of H-pyrrole nitrogens is 1. The number of amides is 3. The number of rotatable bonds is 7. The second kappa shape index (κ2) is 10.7. The van der Waals surface area contributed by atoms with Crippen LogP contribution in [0.5, 0.6) is 0 Å². The lowest BCUT2D eigenvalue weighted by Crippen LogP contribution is -2.59. The number of halogens is 1. The summed E-state index contributed by atoms with van der Waals surface area (Å²) in [4.78, 5) is 37.2. The quantitative estimate of drug-likeness (QED) is 0.327. The lowest BCUT2D eigenvalue weighted by atomic mass is 9.80. The number of aromatic nitrogens is 2. The van der Waals surface area contributed by atoms with Crippen LogP contribution in [-0.2, 0) is 0 Å². The molecule has 1 fully saturated rings. The predicted octanol–water partition coefficient (Wildman–Crippen LogP) is 6.63. The third-order valence-corrected chi connectivity index (χ3v) is 8.60. The van der Waals surface area contributed by atoms with E-state index in [1.807, 2.05) is 18.2 Å². The molecule has 1 aliphatic heterocycles. The van der Waals surface area contributed by atoms with Gasteiger partial charge in [0.05, 0.1) is 17.1 Å². The molecule has 1 atom stereocenters. The second-order valence-corrected chi connectivity index (χ2v) is 12.5. The first-order valence-electron chi connectivity index (χ1n) is 12.7. The molecule has 0 radical (unpaired) electrons. The normalized spacial score (nSPS) is 18.0. The number of imidazole rings is 1. The molecule has 0 aliphatic carbocycles. The number of thioether (sulfide) groups is 1. The fourth-order valence-corrected chi connectivity index (χ4v) is 6.50. The van der Waals surface area contributed by atoms with E-state index in [1.54, 1.807) is 43.0 Å². The third kappa shape index (κ3) is 5.97. The lowest BCUT2D eigenvalue weighted by Gasteiger charge is -2.53. The Morgan fingerprint density at radius 2 is 1.78 bits per heavy atom. The number of piperidine rings is 1. The summed E-state index contributed by atoms with van der Waals surface area (Å²) in [5.41, 5.74) is 8.83. The Morgan fingerprint density at radius 1 is 1.14 bits per heavy atom. The molecule has 0 spiro atoms. The molecule has 1 aliphatic rings. The summed E-state index contributed by atoms with van der Waals surface area (Å²) in [5, 5.41) is 1.37. The molecule has 1 saturated heterocycles. The fourth-order valence-electron chi connectivity index (χ4n) is 5.56. The average molecular weight is 542 g/mol. The molecule has 37 heavy (non-hydrogen) atoms. The first kappa shape index (κ1) is 27.5. The van der Waals surface area contributed by atoms with Gasteiger partial charge in [0.15, 0.2) is 5.16 Å². The predicted molar refractivity (Wildman–Crippen MR) is 151 cm³/mol. The summed E-state index contributed by atoms with van der Waals surface area (Å²) in [6, 6.07) is 10.7. The van der Waals surface area contributed by atoms with Crippen LogP contribution < -0.4 is 5.73 Å². The number of carbonyl (C=O) groups is 2. The molecule has 0 saturated carbocycles. The van der Waals surface area contributed by atoms with E-state index in [4.69, 9.17) is 22.3 Å². The van der Waals surface area contributed by atoms with Crippen LogP contribution in [0.25, 0.3) is 11.0 Å². The number of nitrogens with zero attached hydrogens (tertiary/aromatic N) is 3. The minimum Gasteiger partial charge on any atom is -0.351 e. The molecule has 3 aromatic rings. The second-order valence-electron chi connectivity index (χ2n) is 11.0. The van der Waals surface area contributed by atoms with Gasteiger partial charge in [-0.1, -0.05) is 29.4 Å².